The van der Waals surface area contributed by atoms with E-state index in [1.165, 1.54) is 12.2 Å². The Bertz CT molecular complexity index is 379. The normalized spacial score (nSPS) is 21.1. The van der Waals surface area contributed by atoms with Crippen molar-refractivity contribution in [2.24, 2.45) is 0 Å². The van der Waals surface area contributed by atoms with Gasteiger partial charge in [-0.05, 0) is 25.1 Å². The maximum atomic E-state index is 5.70. The van der Waals surface area contributed by atoms with Gasteiger partial charge in [0.25, 0.3) is 0 Å². The molecule has 1 saturated heterocycles. The van der Waals surface area contributed by atoms with Crippen molar-refractivity contribution in [2.45, 2.75) is 31.6 Å². The Hall–Kier alpha value is -0.740. The highest BCUT2D eigenvalue weighted by Crippen LogP contribution is 2.30. The number of anilines is 1. The molecule has 0 atom stereocenters. The topological polar surface area (TPSA) is 42.1 Å². The van der Waals surface area contributed by atoms with Crippen molar-refractivity contribution in [1.29, 1.82) is 0 Å². The van der Waals surface area contributed by atoms with Gasteiger partial charge in [-0.1, -0.05) is 19.9 Å². The third-order valence-electron chi connectivity index (χ3n) is 3.14. The van der Waals surface area contributed by atoms with Crippen LogP contribution >= 0.6 is 11.8 Å². The molecule has 1 aliphatic heterocycles. The zero-order valence-electron chi connectivity index (χ0n) is 10.6. The predicted molar refractivity (Wildman–Crippen MR) is 75.1 cm³/mol. The molecule has 4 heteroatoms. The second-order valence-corrected chi connectivity index (χ2v) is 6.99. The fourth-order valence-electron chi connectivity index (χ4n) is 2.04. The predicted octanol–water partition coefficient (Wildman–Crippen LogP) is 2.38. The molecule has 1 fully saturated rings. The molecule has 0 saturated carbocycles. The van der Waals surface area contributed by atoms with Gasteiger partial charge in [-0.3, -0.25) is 4.90 Å². The molecule has 0 amide bonds. The van der Waals surface area contributed by atoms with Gasteiger partial charge in [-0.2, -0.15) is 11.8 Å². The Balaban J connectivity index is 1.95. The number of rotatable bonds is 2. The van der Waals surface area contributed by atoms with Crippen LogP contribution in [-0.4, -0.2) is 33.5 Å². The highest BCUT2D eigenvalue weighted by atomic mass is 32.2. The maximum absolute atomic E-state index is 5.70. The van der Waals surface area contributed by atoms with Gasteiger partial charge in [-0.15, -0.1) is 0 Å². The molecule has 0 bridgehead atoms. The molecule has 2 heterocycles. The standard InChI is InChI=1S/C13H21N3S/c1-13(2)6-7-16(8-9-17-13)10-11-4-3-5-12(14)15-11/h3-5H,6-10H2,1-2H3,(H2,14,15). The van der Waals surface area contributed by atoms with E-state index in [0.29, 0.717) is 10.6 Å². The van der Waals surface area contributed by atoms with E-state index in [-0.39, 0.29) is 0 Å². The van der Waals surface area contributed by atoms with Crippen molar-refractivity contribution in [1.82, 2.24) is 9.88 Å². The van der Waals surface area contributed by atoms with E-state index < -0.39 is 0 Å². The van der Waals surface area contributed by atoms with Crippen molar-refractivity contribution in [3.8, 4) is 0 Å². The molecular formula is C13H21N3S. The molecule has 3 nitrogen and oxygen atoms in total. The number of nitrogens with two attached hydrogens (primary N) is 1. The molecular weight excluding hydrogens is 230 g/mol. The molecule has 0 radical (unpaired) electrons. The lowest BCUT2D eigenvalue weighted by Gasteiger charge is -2.22. The molecule has 0 aromatic carbocycles. The molecule has 1 aliphatic rings. The highest BCUT2D eigenvalue weighted by Gasteiger charge is 2.23. The van der Waals surface area contributed by atoms with Crippen LogP contribution in [-0.2, 0) is 6.54 Å². The number of nitrogens with zero attached hydrogens (tertiary/aromatic N) is 2. The van der Waals surface area contributed by atoms with Crippen molar-refractivity contribution >= 4 is 17.6 Å². The molecule has 1 aromatic rings. The van der Waals surface area contributed by atoms with Crippen LogP contribution in [0.25, 0.3) is 0 Å². The summed E-state index contributed by atoms with van der Waals surface area (Å²) >= 11 is 2.07. The van der Waals surface area contributed by atoms with Crippen LogP contribution < -0.4 is 5.73 Å². The van der Waals surface area contributed by atoms with Crippen LogP contribution in [0.3, 0.4) is 0 Å². The zero-order valence-corrected chi connectivity index (χ0v) is 11.5. The van der Waals surface area contributed by atoms with Gasteiger partial charge in [0.15, 0.2) is 0 Å². The van der Waals surface area contributed by atoms with Crippen LogP contribution in [0.1, 0.15) is 26.0 Å². The number of pyridine rings is 1. The number of aromatic nitrogens is 1. The zero-order chi connectivity index (χ0) is 12.3. The second kappa shape index (κ2) is 5.27. The first-order valence-corrected chi connectivity index (χ1v) is 7.11. The highest BCUT2D eigenvalue weighted by molar-refractivity contribution is 8.00. The quantitative estimate of drug-likeness (QED) is 0.876. The molecule has 94 valence electrons. The summed E-state index contributed by atoms with van der Waals surface area (Å²) in [5.41, 5.74) is 6.78. The van der Waals surface area contributed by atoms with E-state index >= 15 is 0 Å². The molecule has 0 unspecified atom stereocenters. The number of hydrogen-bond donors (Lipinski definition) is 1. The Labute approximate surface area is 108 Å². The Morgan fingerprint density at radius 2 is 2.24 bits per heavy atom. The minimum absolute atomic E-state index is 0.415. The SMILES string of the molecule is CC1(C)CCN(Cc2cccc(N)n2)CCS1. The minimum Gasteiger partial charge on any atom is -0.384 e. The molecule has 0 spiro atoms. The molecule has 1 aromatic heterocycles. The smallest absolute Gasteiger partial charge is 0.123 e. The first-order chi connectivity index (χ1) is 8.05. The summed E-state index contributed by atoms with van der Waals surface area (Å²) in [5, 5.41) is 0. The Morgan fingerprint density at radius 1 is 1.41 bits per heavy atom. The van der Waals surface area contributed by atoms with Gasteiger partial charge in [0.2, 0.25) is 0 Å². The monoisotopic (exact) mass is 251 g/mol. The van der Waals surface area contributed by atoms with E-state index in [0.717, 1.165) is 25.3 Å². The summed E-state index contributed by atoms with van der Waals surface area (Å²) < 4.78 is 0.415. The maximum Gasteiger partial charge on any atom is 0.123 e. The first kappa shape index (κ1) is 12.7. The van der Waals surface area contributed by atoms with Crippen LogP contribution in [0.15, 0.2) is 18.2 Å². The number of nitrogen functional groups attached to an aromatic ring is 1. The van der Waals surface area contributed by atoms with E-state index in [9.17, 15) is 0 Å². The lowest BCUT2D eigenvalue weighted by Crippen LogP contribution is -2.27. The fraction of sp³-hybridized carbons (Fsp3) is 0.615. The van der Waals surface area contributed by atoms with Gasteiger partial charge < -0.3 is 5.73 Å². The van der Waals surface area contributed by atoms with Gasteiger partial charge >= 0.3 is 0 Å². The summed E-state index contributed by atoms with van der Waals surface area (Å²) in [7, 11) is 0. The Kier molecular flexibility index (Phi) is 3.94. The Morgan fingerprint density at radius 3 is 3.00 bits per heavy atom. The van der Waals surface area contributed by atoms with Gasteiger partial charge in [-0.25, -0.2) is 4.98 Å². The molecule has 17 heavy (non-hydrogen) atoms. The number of thioether (sulfide) groups is 1. The van der Waals surface area contributed by atoms with Crippen LogP contribution in [0.2, 0.25) is 0 Å². The van der Waals surface area contributed by atoms with Crippen molar-refractivity contribution in [2.75, 3.05) is 24.6 Å². The van der Waals surface area contributed by atoms with Gasteiger partial charge in [0.05, 0.1) is 5.69 Å². The van der Waals surface area contributed by atoms with Gasteiger partial charge in [0.1, 0.15) is 5.82 Å². The summed E-state index contributed by atoms with van der Waals surface area (Å²) in [6, 6.07) is 5.87. The lowest BCUT2D eigenvalue weighted by molar-refractivity contribution is 0.273. The fourth-order valence-corrected chi connectivity index (χ4v) is 3.17. The van der Waals surface area contributed by atoms with Crippen molar-refractivity contribution in [3.63, 3.8) is 0 Å². The van der Waals surface area contributed by atoms with Crippen LogP contribution in [0.4, 0.5) is 5.82 Å². The average molecular weight is 251 g/mol. The third-order valence-corrected chi connectivity index (χ3v) is 4.52. The minimum atomic E-state index is 0.415. The molecule has 2 rings (SSSR count). The van der Waals surface area contributed by atoms with E-state index in [4.69, 9.17) is 5.73 Å². The van der Waals surface area contributed by atoms with Crippen LogP contribution in [0.5, 0.6) is 0 Å². The lowest BCUT2D eigenvalue weighted by atomic mass is 10.1. The van der Waals surface area contributed by atoms with Crippen molar-refractivity contribution < 1.29 is 0 Å². The first-order valence-electron chi connectivity index (χ1n) is 6.13. The number of hydrogen-bond acceptors (Lipinski definition) is 4. The van der Waals surface area contributed by atoms with Gasteiger partial charge in [0, 0.05) is 23.6 Å². The van der Waals surface area contributed by atoms with Crippen molar-refractivity contribution in [3.05, 3.63) is 23.9 Å². The summed E-state index contributed by atoms with van der Waals surface area (Å²) in [6.45, 7) is 7.88. The van der Waals surface area contributed by atoms with E-state index in [1.807, 2.05) is 12.1 Å². The van der Waals surface area contributed by atoms with E-state index in [2.05, 4.69) is 41.6 Å². The molecule has 0 aliphatic carbocycles. The summed E-state index contributed by atoms with van der Waals surface area (Å²) in [5.74, 6) is 1.82. The summed E-state index contributed by atoms with van der Waals surface area (Å²) in [6.07, 6.45) is 1.24. The summed E-state index contributed by atoms with van der Waals surface area (Å²) in [4.78, 5) is 6.84. The third kappa shape index (κ3) is 3.89. The largest absolute Gasteiger partial charge is 0.384 e. The second-order valence-electron chi connectivity index (χ2n) is 5.19. The molecule has 2 N–H and O–H groups in total. The van der Waals surface area contributed by atoms with Crippen LogP contribution in [0, 0.1) is 0 Å². The average Bonchev–Trinajstić information content (AvgIpc) is 2.41. The van der Waals surface area contributed by atoms with E-state index in [1.54, 1.807) is 0 Å².